The molecular formula is C10H19N5O2S2. The van der Waals surface area contributed by atoms with Crippen molar-refractivity contribution in [3.8, 4) is 6.07 Å². The summed E-state index contributed by atoms with van der Waals surface area (Å²) in [4.78, 5) is 0.391. The lowest BCUT2D eigenvalue weighted by atomic mass is 10.4. The minimum atomic E-state index is -3.70. The highest BCUT2D eigenvalue weighted by atomic mass is 32.2. The number of nitriles is 1. The van der Waals surface area contributed by atoms with Crippen molar-refractivity contribution in [2.24, 2.45) is 5.73 Å². The molecule has 2 atom stereocenters. The standard InChI is InChI=1S/C10H19N5O2S2/c1-7(18-9(5-11)6-14-3)8(2)19(16,17)15(4)10(12)13/h6-8,14H,1-4H3,(H3,12,13)/b9-6-/t7-,8?/m0/s1. The highest BCUT2D eigenvalue weighted by Crippen LogP contribution is 2.27. The van der Waals surface area contributed by atoms with Gasteiger partial charge in [-0.25, -0.2) is 12.7 Å². The number of thioether (sulfide) groups is 1. The van der Waals surface area contributed by atoms with Crippen LogP contribution in [-0.2, 0) is 10.0 Å². The smallest absolute Gasteiger partial charge is 0.240 e. The molecule has 108 valence electrons. The maximum atomic E-state index is 12.1. The Morgan fingerprint density at radius 1 is 1.58 bits per heavy atom. The van der Waals surface area contributed by atoms with Crippen molar-refractivity contribution in [2.75, 3.05) is 14.1 Å². The fraction of sp³-hybridized carbons (Fsp3) is 0.600. The zero-order valence-electron chi connectivity index (χ0n) is 11.3. The van der Waals surface area contributed by atoms with Gasteiger partial charge >= 0.3 is 0 Å². The normalized spacial score (nSPS) is 15.2. The summed E-state index contributed by atoms with van der Waals surface area (Å²) in [6.45, 7) is 3.24. The minimum absolute atomic E-state index is 0.356. The molecule has 0 aromatic rings. The fourth-order valence-corrected chi connectivity index (χ4v) is 3.82. The van der Waals surface area contributed by atoms with Gasteiger partial charge in [-0.2, -0.15) is 5.26 Å². The average molecular weight is 305 g/mol. The van der Waals surface area contributed by atoms with E-state index >= 15 is 0 Å². The second kappa shape index (κ2) is 7.25. The molecule has 0 amide bonds. The first-order valence-electron chi connectivity index (χ1n) is 5.44. The van der Waals surface area contributed by atoms with Crippen molar-refractivity contribution in [3.63, 3.8) is 0 Å². The highest BCUT2D eigenvalue weighted by Gasteiger charge is 2.32. The molecule has 0 saturated carbocycles. The van der Waals surface area contributed by atoms with Crippen LogP contribution in [0.4, 0.5) is 0 Å². The zero-order chi connectivity index (χ0) is 15.2. The van der Waals surface area contributed by atoms with Crippen molar-refractivity contribution in [2.45, 2.75) is 24.3 Å². The molecular weight excluding hydrogens is 286 g/mol. The number of sulfonamides is 1. The third-order valence-electron chi connectivity index (χ3n) is 2.55. The lowest BCUT2D eigenvalue weighted by Crippen LogP contribution is -2.45. The molecule has 0 radical (unpaired) electrons. The van der Waals surface area contributed by atoms with Crippen LogP contribution in [0.15, 0.2) is 11.1 Å². The Labute approximate surface area is 118 Å². The van der Waals surface area contributed by atoms with Gasteiger partial charge in [0.15, 0.2) is 0 Å². The lowest BCUT2D eigenvalue weighted by Gasteiger charge is -2.25. The number of nitrogens with zero attached hydrogens (tertiary/aromatic N) is 2. The van der Waals surface area contributed by atoms with E-state index in [-0.39, 0.29) is 5.25 Å². The summed E-state index contributed by atoms with van der Waals surface area (Å²) < 4.78 is 25.0. The first-order valence-corrected chi connectivity index (χ1v) is 7.82. The van der Waals surface area contributed by atoms with Crippen LogP contribution in [0.3, 0.4) is 0 Å². The van der Waals surface area contributed by atoms with Gasteiger partial charge in [-0.1, -0.05) is 6.92 Å². The number of rotatable bonds is 6. The van der Waals surface area contributed by atoms with E-state index in [1.807, 2.05) is 6.07 Å². The first-order chi connectivity index (χ1) is 8.68. The number of nitrogens with two attached hydrogens (primary N) is 1. The summed E-state index contributed by atoms with van der Waals surface area (Å²) >= 11 is 1.15. The van der Waals surface area contributed by atoms with E-state index in [0.717, 1.165) is 16.1 Å². The van der Waals surface area contributed by atoms with Gasteiger partial charge < -0.3 is 11.1 Å². The van der Waals surface area contributed by atoms with Gasteiger partial charge in [-0.3, -0.25) is 5.41 Å². The summed E-state index contributed by atoms with van der Waals surface area (Å²) in [7, 11) is -0.805. The number of nitrogens with one attached hydrogen (secondary N) is 2. The molecule has 0 saturated heterocycles. The predicted molar refractivity (Wildman–Crippen MR) is 77.9 cm³/mol. The van der Waals surface area contributed by atoms with Crippen molar-refractivity contribution in [3.05, 3.63) is 11.1 Å². The molecule has 19 heavy (non-hydrogen) atoms. The Morgan fingerprint density at radius 3 is 2.47 bits per heavy atom. The molecule has 0 rings (SSSR count). The van der Waals surface area contributed by atoms with E-state index in [9.17, 15) is 8.42 Å². The van der Waals surface area contributed by atoms with Crippen LogP contribution in [0.25, 0.3) is 0 Å². The molecule has 0 aromatic heterocycles. The summed E-state index contributed by atoms with van der Waals surface area (Å²) in [5.41, 5.74) is 5.18. The minimum Gasteiger partial charge on any atom is -0.392 e. The topological polar surface area (TPSA) is 123 Å². The molecule has 7 nitrogen and oxygen atoms in total. The molecule has 0 aliphatic heterocycles. The monoisotopic (exact) mass is 305 g/mol. The van der Waals surface area contributed by atoms with E-state index in [4.69, 9.17) is 16.4 Å². The van der Waals surface area contributed by atoms with Crippen LogP contribution in [0, 0.1) is 16.7 Å². The molecule has 0 bridgehead atoms. The van der Waals surface area contributed by atoms with E-state index in [1.54, 1.807) is 14.0 Å². The van der Waals surface area contributed by atoms with Crippen LogP contribution in [0.2, 0.25) is 0 Å². The lowest BCUT2D eigenvalue weighted by molar-refractivity contribution is 0.536. The quantitative estimate of drug-likeness (QED) is 0.367. The van der Waals surface area contributed by atoms with E-state index in [1.165, 1.54) is 20.2 Å². The third-order valence-corrected chi connectivity index (χ3v) is 6.27. The molecule has 1 unspecified atom stereocenters. The molecule has 9 heteroatoms. The maximum absolute atomic E-state index is 12.1. The Bertz CT molecular complexity index is 495. The van der Waals surface area contributed by atoms with Gasteiger partial charge in [0.05, 0.1) is 5.25 Å². The number of guanidine groups is 1. The summed E-state index contributed by atoms with van der Waals surface area (Å²) in [5, 5.41) is 17.7. The molecule has 4 N–H and O–H groups in total. The number of hydrogen-bond donors (Lipinski definition) is 3. The Hall–Kier alpha value is -1.40. The average Bonchev–Trinajstić information content (AvgIpc) is 2.35. The van der Waals surface area contributed by atoms with Gasteiger partial charge in [0.2, 0.25) is 16.0 Å². The third kappa shape index (κ3) is 4.65. The van der Waals surface area contributed by atoms with Gasteiger partial charge in [0.25, 0.3) is 0 Å². The largest absolute Gasteiger partial charge is 0.392 e. The predicted octanol–water partition coefficient (Wildman–Crippen LogP) is 0.236. The molecule has 0 fully saturated rings. The van der Waals surface area contributed by atoms with Gasteiger partial charge in [-0.05, 0) is 6.92 Å². The molecule has 0 heterocycles. The van der Waals surface area contributed by atoms with Crippen molar-refractivity contribution < 1.29 is 8.42 Å². The highest BCUT2D eigenvalue weighted by molar-refractivity contribution is 8.04. The SMILES string of the molecule is CN/C=C(/C#N)S[C@@H](C)C(C)S(=O)(=O)N(C)C(=N)N. The van der Waals surface area contributed by atoms with Crippen LogP contribution in [0.5, 0.6) is 0 Å². The van der Waals surface area contributed by atoms with Crippen molar-refractivity contribution in [1.82, 2.24) is 9.62 Å². The summed E-state index contributed by atoms with van der Waals surface area (Å²) in [6.07, 6.45) is 1.51. The summed E-state index contributed by atoms with van der Waals surface area (Å²) in [6, 6.07) is 1.98. The van der Waals surface area contributed by atoms with E-state index < -0.39 is 21.2 Å². The Morgan fingerprint density at radius 2 is 2.11 bits per heavy atom. The molecule has 0 spiro atoms. The van der Waals surface area contributed by atoms with E-state index in [0.29, 0.717) is 4.91 Å². The second-order valence-corrected chi connectivity index (χ2v) is 7.58. The van der Waals surface area contributed by atoms with Gasteiger partial charge in [-0.15, -0.1) is 11.8 Å². The Balaban J connectivity index is 5.03. The van der Waals surface area contributed by atoms with Gasteiger partial charge in [0, 0.05) is 25.5 Å². The van der Waals surface area contributed by atoms with Crippen LogP contribution < -0.4 is 11.1 Å². The van der Waals surface area contributed by atoms with Crippen molar-refractivity contribution in [1.29, 1.82) is 10.7 Å². The molecule has 0 aliphatic carbocycles. The zero-order valence-corrected chi connectivity index (χ0v) is 13.0. The van der Waals surface area contributed by atoms with Crippen molar-refractivity contribution >= 4 is 27.7 Å². The number of allylic oxidation sites excluding steroid dienone is 1. The van der Waals surface area contributed by atoms with Crippen LogP contribution >= 0.6 is 11.8 Å². The Kier molecular flexibility index (Phi) is 6.72. The summed E-state index contributed by atoms with van der Waals surface area (Å²) in [5.74, 6) is -0.532. The molecule has 0 aromatic carbocycles. The van der Waals surface area contributed by atoms with E-state index in [2.05, 4.69) is 5.32 Å². The second-order valence-electron chi connectivity index (χ2n) is 3.83. The number of hydrogen-bond acceptors (Lipinski definition) is 6. The fourth-order valence-electron chi connectivity index (χ4n) is 1.15. The maximum Gasteiger partial charge on any atom is 0.240 e. The van der Waals surface area contributed by atoms with Crippen LogP contribution in [0.1, 0.15) is 13.8 Å². The van der Waals surface area contributed by atoms with Gasteiger partial charge in [0.1, 0.15) is 11.0 Å². The van der Waals surface area contributed by atoms with Crippen LogP contribution in [-0.4, -0.2) is 43.3 Å². The first kappa shape index (κ1) is 17.6. The molecule has 0 aliphatic rings.